The Balaban J connectivity index is 2.43. The lowest BCUT2D eigenvalue weighted by Gasteiger charge is -2.06. The molecule has 0 bridgehead atoms. The van der Waals surface area contributed by atoms with E-state index in [2.05, 4.69) is 21.8 Å². The molecular weight excluding hydrogens is 200 g/mol. The van der Waals surface area contributed by atoms with Crippen molar-refractivity contribution in [3.8, 4) is 23.1 Å². The van der Waals surface area contributed by atoms with E-state index in [1.165, 1.54) is 0 Å². The van der Waals surface area contributed by atoms with Gasteiger partial charge in [0.25, 0.3) is 0 Å². The fourth-order valence-corrected chi connectivity index (χ4v) is 1.47. The Morgan fingerprint density at radius 2 is 2.38 bits per heavy atom. The highest BCUT2D eigenvalue weighted by atomic mass is 15.0. The molecule has 2 rings (SSSR count). The fraction of sp³-hybridized carbons (Fsp3) is 0.167. The molecule has 2 N–H and O–H groups in total. The Morgan fingerprint density at radius 1 is 1.50 bits per heavy atom. The van der Waals surface area contributed by atoms with Gasteiger partial charge in [-0.25, -0.2) is 9.97 Å². The van der Waals surface area contributed by atoms with Gasteiger partial charge in [0.1, 0.15) is 5.82 Å². The van der Waals surface area contributed by atoms with E-state index in [-0.39, 0.29) is 0 Å². The molecule has 0 aliphatic rings. The first-order chi connectivity index (χ1) is 7.83. The van der Waals surface area contributed by atoms with Crippen molar-refractivity contribution in [2.45, 2.75) is 13.5 Å². The highest BCUT2D eigenvalue weighted by Crippen LogP contribution is 2.22. The van der Waals surface area contributed by atoms with Gasteiger partial charge in [-0.05, 0) is 19.1 Å². The summed E-state index contributed by atoms with van der Waals surface area (Å²) in [6.07, 6.45) is 5.18. The smallest absolute Gasteiger partial charge is 0.132 e. The molecule has 0 atom stereocenters. The summed E-state index contributed by atoms with van der Waals surface area (Å²) in [4.78, 5) is 8.16. The number of nitrogens with two attached hydrogens (primary N) is 1. The highest BCUT2D eigenvalue weighted by molar-refractivity contribution is 5.70. The average Bonchev–Trinajstić information content (AvgIpc) is 2.75. The summed E-state index contributed by atoms with van der Waals surface area (Å²) in [5, 5.41) is 0. The van der Waals surface area contributed by atoms with Gasteiger partial charge in [-0.1, -0.05) is 5.92 Å². The zero-order valence-corrected chi connectivity index (χ0v) is 9.01. The fourth-order valence-electron chi connectivity index (χ4n) is 1.47. The summed E-state index contributed by atoms with van der Waals surface area (Å²) in [5.74, 6) is 6.35. The third kappa shape index (κ3) is 1.89. The number of rotatable bonds is 2. The molecule has 0 amide bonds. The molecule has 0 spiro atoms. The van der Waals surface area contributed by atoms with Crippen molar-refractivity contribution in [2.75, 3.05) is 5.73 Å². The number of pyridine rings is 1. The number of nitrogen functional groups attached to an aromatic ring is 1. The van der Waals surface area contributed by atoms with Crippen LogP contribution in [0.4, 0.5) is 5.82 Å². The predicted molar refractivity (Wildman–Crippen MR) is 63.3 cm³/mol. The van der Waals surface area contributed by atoms with Crippen LogP contribution in [0.15, 0.2) is 30.9 Å². The van der Waals surface area contributed by atoms with Crippen molar-refractivity contribution in [1.82, 2.24) is 14.5 Å². The summed E-state index contributed by atoms with van der Waals surface area (Å²) >= 11 is 0. The average molecular weight is 212 g/mol. The van der Waals surface area contributed by atoms with Crippen LogP contribution in [-0.2, 0) is 6.54 Å². The Bertz CT molecular complexity index is 545. The second-order valence-corrected chi connectivity index (χ2v) is 3.27. The zero-order valence-electron chi connectivity index (χ0n) is 9.01. The first-order valence-corrected chi connectivity index (χ1v) is 4.93. The minimum Gasteiger partial charge on any atom is -0.383 e. The summed E-state index contributed by atoms with van der Waals surface area (Å²) in [6, 6.07) is 3.78. The van der Waals surface area contributed by atoms with Gasteiger partial charge < -0.3 is 10.3 Å². The Hall–Kier alpha value is -2.28. The number of imidazole rings is 1. The third-order valence-electron chi connectivity index (χ3n) is 2.25. The third-order valence-corrected chi connectivity index (χ3v) is 2.25. The quantitative estimate of drug-likeness (QED) is 0.768. The van der Waals surface area contributed by atoms with Gasteiger partial charge >= 0.3 is 0 Å². The minimum absolute atomic E-state index is 0.508. The second kappa shape index (κ2) is 4.49. The maximum Gasteiger partial charge on any atom is 0.132 e. The van der Waals surface area contributed by atoms with E-state index in [4.69, 9.17) is 5.73 Å². The summed E-state index contributed by atoms with van der Waals surface area (Å²) in [5.41, 5.74) is 7.65. The molecule has 0 unspecified atom stereocenters. The van der Waals surface area contributed by atoms with Crippen molar-refractivity contribution in [1.29, 1.82) is 0 Å². The van der Waals surface area contributed by atoms with Crippen LogP contribution in [0.3, 0.4) is 0 Å². The van der Waals surface area contributed by atoms with Crippen LogP contribution in [0.25, 0.3) is 11.3 Å². The molecule has 0 saturated carbocycles. The first-order valence-electron chi connectivity index (χ1n) is 4.93. The lowest BCUT2D eigenvalue weighted by Crippen LogP contribution is -2.00. The van der Waals surface area contributed by atoms with Crippen molar-refractivity contribution in [2.24, 2.45) is 0 Å². The molecule has 2 aromatic rings. The summed E-state index contributed by atoms with van der Waals surface area (Å²) in [7, 11) is 0. The number of aromatic nitrogens is 3. The standard InChI is InChI=1S/C12H12N4/c1-2-3-7-16-9-14-8-11(16)10-5-4-6-15-12(10)13/h4-6,8-9H,7H2,1H3,(H2,13,15). The second-order valence-electron chi connectivity index (χ2n) is 3.27. The largest absolute Gasteiger partial charge is 0.383 e. The van der Waals surface area contributed by atoms with Gasteiger partial charge in [0, 0.05) is 11.8 Å². The number of nitrogens with zero attached hydrogens (tertiary/aromatic N) is 3. The van der Waals surface area contributed by atoms with E-state index < -0.39 is 0 Å². The maximum atomic E-state index is 5.82. The molecule has 2 heterocycles. The molecule has 0 saturated heterocycles. The van der Waals surface area contributed by atoms with Crippen LogP contribution in [-0.4, -0.2) is 14.5 Å². The minimum atomic E-state index is 0.508. The Morgan fingerprint density at radius 3 is 3.12 bits per heavy atom. The lowest BCUT2D eigenvalue weighted by molar-refractivity contribution is 0.847. The van der Waals surface area contributed by atoms with Gasteiger partial charge in [0.05, 0.1) is 24.8 Å². The molecule has 0 aliphatic heterocycles. The number of hydrogen-bond donors (Lipinski definition) is 1. The number of hydrogen-bond acceptors (Lipinski definition) is 3. The van der Waals surface area contributed by atoms with Gasteiger partial charge in [-0.2, -0.15) is 0 Å². The maximum absolute atomic E-state index is 5.82. The van der Waals surface area contributed by atoms with Crippen molar-refractivity contribution in [3.05, 3.63) is 30.9 Å². The van der Waals surface area contributed by atoms with Gasteiger partial charge in [0.2, 0.25) is 0 Å². The van der Waals surface area contributed by atoms with E-state index in [0.29, 0.717) is 12.4 Å². The van der Waals surface area contributed by atoms with Gasteiger partial charge in [-0.15, -0.1) is 5.92 Å². The monoisotopic (exact) mass is 212 g/mol. The Kier molecular flexibility index (Phi) is 2.88. The molecule has 4 heteroatoms. The van der Waals surface area contributed by atoms with E-state index in [9.17, 15) is 0 Å². The topological polar surface area (TPSA) is 56.7 Å². The van der Waals surface area contributed by atoms with E-state index >= 15 is 0 Å². The van der Waals surface area contributed by atoms with Crippen molar-refractivity contribution >= 4 is 5.82 Å². The zero-order chi connectivity index (χ0) is 11.4. The summed E-state index contributed by atoms with van der Waals surface area (Å²) in [6.45, 7) is 2.43. The molecule has 16 heavy (non-hydrogen) atoms. The van der Waals surface area contributed by atoms with Crippen LogP contribution < -0.4 is 5.73 Å². The molecule has 0 aliphatic carbocycles. The van der Waals surface area contributed by atoms with E-state index in [0.717, 1.165) is 11.3 Å². The molecule has 0 aromatic carbocycles. The van der Waals surface area contributed by atoms with Crippen LogP contribution in [0, 0.1) is 11.8 Å². The van der Waals surface area contributed by atoms with Gasteiger partial charge in [0.15, 0.2) is 0 Å². The van der Waals surface area contributed by atoms with Crippen LogP contribution >= 0.6 is 0 Å². The normalized spacial score (nSPS) is 9.56. The van der Waals surface area contributed by atoms with Gasteiger partial charge in [-0.3, -0.25) is 0 Å². The molecule has 0 radical (unpaired) electrons. The molecular formula is C12H12N4. The Labute approximate surface area is 94.1 Å². The van der Waals surface area contributed by atoms with E-state index in [1.54, 1.807) is 18.7 Å². The SMILES string of the molecule is CC#CCn1cncc1-c1cccnc1N. The van der Waals surface area contributed by atoms with Crippen LogP contribution in [0.2, 0.25) is 0 Å². The molecule has 2 aromatic heterocycles. The van der Waals surface area contributed by atoms with Crippen molar-refractivity contribution in [3.63, 3.8) is 0 Å². The molecule has 4 nitrogen and oxygen atoms in total. The van der Waals surface area contributed by atoms with Crippen LogP contribution in [0.5, 0.6) is 0 Å². The van der Waals surface area contributed by atoms with Crippen LogP contribution in [0.1, 0.15) is 6.92 Å². The molecule has 80 valence electrons. The lowest BCUT2D eigenvalue weighted by atomic mass is 10.2. The first kappa shape index (κ1) is 10.2. The molecule has 0 fully saturated rings. The van der Waals surface area contributed by atoms with Crippen molar-refractivity contribution < 1.29 is 0 Å². The van der Waals surface area contributed by atoms with E-state index in [1.807, 2.05) is 23.6 Å². The highest BCUT2D eigenvalue weighted by Gasteiger charge is 2.07. The summed E-state index contributed by atoms with van der Waals surface area (Å²) < 4.78 is 1.95. The predicted octanol–water partition coefficient (Wildman–Crippen LogP) is 1.55. The number of anilines is 1.